The molecule has 1 aliphatic heterocycles. The topological polar surface area (TPSA) is 77.5 Å². The van der Waals surface area contributed by atoms with Crippen LogP contribution in [0.25, 0.3) is 0 Å². The molecule has 1 heterocycles. The zero-order valence-corrected chi connectivity index (χ0v) is 14.4. The van der Waals surface area contributed by atoms with E-state index in [1.54, 1.807) is 25.2 Å². The van der Waals surface area contributed by atoms with Crippen molar-refractivity contribution in [1.29, 1.82) is 0 Å². The Morgan fingerprint density at radius 1 is 1.33 bits per heavy atom. The van der Waals surface area contributed by atoms with E-state index in [1.165, 1.54) is 0 Å². The Bertz CT molecular complexity index is 550. The van der Waals surface area contributed by atoms with Crippen molar-refractivity contribution in [3.05, 3.63) is 23.8 Å². The van der Waals surface area contributed by atoms with E-state index in [0.29, 0.717) is 31.3 Å². The van der Waals surface area contributed by atoms with Crippen molar-refractivity contribution in [1.82, 2.24) is 4.90 Å². The Labute approximate surface area is 142 Å². The molecule has 0 spiro atoms. The van der Waals surface area contributed by atoms with E-state index in [0.717, 1.165) is 5.56 Å². The maximum Gasteiger partial charge on any atom is 0.249 e. The smallest absolute Gasteiger partial charge is 0.249 e. The van der Waals surface area contributed by atoms with Gasteiger partial charge in [0.1, 0.15) is 12.7 Å². The van der Waals surface area contributed by atoms with Crippen LogP contribution in [0.1, 0.15) is 18.5 Å². The molecule has 2 rings (SSSR count). The first-order valence-electron chi connectivity index (χ1n) is 7.97. The zero-order chi connectivity index (χ0) is 17.5. The van der Waals surface area contributed by atoms with Crippen molar-refractivity contribution < 1.29 is 28.8 Å². The Kier molecular flexibility index (Phi) is 6.84. The summed E-state index contributed by atoms with van der Waals surface area (Å²) in [7, 11) is 3.12. The number of amides is 1. The molecule has 134 valence electrons. The lowest BCUT2D eigenvalue weighted by Crippen LogP contribution is -2.50. The molecule has 0 unspecified atom stereocenters. The maximum atomic E-state index is 12.5. The number of benzene rings is 1. The fourth-order valence-corrected chi connectivity index (χ4v) is 2.87. The van der Waals surface area contributed by atoms with Crippen molar-refractivity contribution in [3.63, 3.8) is 0 Å². The second-order valence-corrected chi connectivity index (χ2v) is 5.38. The SMILES string of the molecule is CCOCC(=O)N1CCO[C@H](CO)[C@H]1c1ccc(OC)c(OC)c1. The minimum Gasteiger partial charge on any atom is -0.493 e. The summed E-state index contributed by atoms with van der Waals surface area (Å²) in [4.78, 5) is 14.2. The molecule has 1 N–H and O–H groups in total. The molecule has 1 aliphatic rings. The number of rotatable bonds is 7. The minimum absolute atomic E-state index is 0.0123. The average Bonchev–Trinajstić information content (AvgIpc) is 2.64. The van der Waals surface area contributed by atoms with Gasteiger partial charge < -0.3 is 29.0 Å². The zero-order valence-electron chi connectivity index (χ0n) is 14.4. The predicted molar refractivity (Wildman–Crippen MR) is 87.3 cm³/mol. The summed E-state index contributed by atoms with van der Waals surface area (Å²) in [5.74, 6) is 1.04. The molecule has 1 fully saturated rings. The molecule has 0 saturated carbocycles. The van der Waals surface area contributed by atoms with Gasteiger partial charge in [-0.15, -0.1) is 0 Å². The highest BCUT2D eigenvalue weighted by atomic mass is 16.5. The van der Waals surface area contributed by atoms with E-state index in [2.05, 4.69) is 0 Å². The van der Waals surface area contributed by atoms with Crippen LogP contribution in [-0.4, -0.2) is 69.2 Å². The lowest BCUT2D eigenvalue weighted by molar-refractivity contribution is -0.154. The van der Waals surface area contributed by atoms with E-state index < -0.39 is 12.1 Å². The van der Waals surface area contributed by atoms with Crippen molar-refractivity contribution in [2.75, 3.05) is 47.2 Å². The van der Waals surface area contributed by atoms with E-state index in [4.69, 9.17) is 18.9 Å². The quantitative estimate of drug-likeness (QED) is 0.799. The predicted octanol–water partition coefficient (Wildman–Crippen LogP) is 1.00. The molecule has 0 aliphatic carbocycles. The first-order chi connectivity index (χ1) is 11.7. The molecule has 1 aromatic rings. The van der Waals surface area contributed by atoms with E-state index in [9.17, 15) is 9.90 Å². The summed E-state index contributed by atoms with van der Waals surface area (Å²) in [6.45, 7) is 2.97. The molecule has 0 radical (unpaired) electrons. The fraction of sp³-hybridized carbons (Fsp3) is 0.588. The molecule has 1 aromatic carbocycles. The normalized spacial score (nSPS) is 20.8. The van der Waals surface area contributed by atoms with Crippen LogP contribution in [0.3, 0.4) is 0 Å². The van der Waals surface area contributed by atoms with Crippen molar-refractivity contribution >= 4 is 5.91 Å². The number of ether oxygens (including phenoxy) is 4. The third-order valence-corrected chi connectivity index (χ3v) is 4.03. The highest BCUT2D eigenvalue weighted by Crippen LogP contribution is 2.35. The second kappa shape index (κ2) is 8.86. The molecule has 24 heavy (non-hydrogen) atoms. The maximum absolute atomic E-state index is 12.5. The van der Waals surface area contributed by atoms with Crippen LogP contribution in [0.2, 0.25) is 0 Å². The van der Waals surface area contributed by atoms with Crippen LogP contribution < -0.4 is 9.47 Å². The molecule has 7 heteroatoms. The lowest BCUT2D eigenvalue weighted by atomic mass is 9.97. The molecule has 1 amide bonds. The lowest BCUT2D eigenvalue weighted by Gasteiger charge is -2.41. The van der Waals surface area contributed by atoms with Crippen molar-refractivity contribution in [2.45, 2.75) is 19.1 Å². The summed E-state index contributed by atoms with van der Waals surface area (Å²) >= 11 is 0. The Hall–Kier alpha value is -1.83. The number of hydrogen-bond acceptors (Lipinski definition) is 6. The second-order valence-electron chi connectivity index (χ2n) is 5.38. The number of methoxy groups -OCH3 is 2. The van der Waals surface area contributed by atoms with Crippen LogP contribution >= 0.6 is 0 Å². The number of morpholine rings is 1. The Morgan fingerprint density at radius 3 is 2.71 bits per heavy atom. The minimum atomic E-state index is -0.498. The van der Waals surface area contributed by atoms with Gasteiger partial charge in [0.05, 0.1) is 33.5 Å². The van der Waals surface area contributed by atoms with Gasteiger partial charge in [0.15, 0.2) is 11.5 Å². The van der Waals surface area contributed by atoms with Crippen LogP contribution in [0.4, 0.5) is 0 Å². The largest absolute Gasteiger partial charge is 0.493 e. The van der Waals surface area contributed by atoms with E-state index >= 15 is 0 Å². The summed E-state index contributed by atoms with van der Waals surface area (Å²) in [6.07, 6.45) is -0.498. The number of aliphatic hydroxyl groups is 1. The monoisotopic (exact) mass is 339 g/mol. The Morgan fingerprint density at radius 2 is 2.08 bits per heavy atom. The fourth-order valence-electron chi connectivity index (χ4n) is 2.87. The number of nitrogens with zero attached hydrogens (tertiary/aromatic N) is 1. The summed E-state index contributed by atoms with van der Waals surface area (Å²) in [5, 5.41) is 9.68. The van der Waals surface area contributed by atoms with Crippen LogP contribution in [0, 0.1) is 0 Å². The summed E-state index contributed by atoms with van der Waals surface area (Å²) < 4.78 is 21.5. The number of aliphatic hydroxyl groups excluding tert-OH is 1. The first kappa shape index (κ1) is 18.5. The number of hydrogen-bond donors (Lipinski definition) is 1. The number of carbonyl (C=O) groups excluding carboxylic acids is 1. The molecular weight excluding hydrogens is 314 g/mol. The molecule has 1 saturated heterocycles. The van der Waals surface area contributed by atoms with Gasteiger partial charge in [-0.2, -0.15) is 0 Å². The van der Waals surface area contributed by atoms with Gasteiger partial charge in [0.2, 0.25) is 5.91 Å². The third kappa shape index (κ3) is 3.98. The first-order valence-corrected chi connectivity index (χ1v) is 7.97. The van der Waals surface area contributed by atoms with Crippen molar-refractivity contribution in [3.8, 4) is 11.5 Å². The van der Waals surface area contributed by atoms with E-state index in [-0.39, 0.29) is 19.1 Å². The Balaban J connectivity index is 2.34. The highest BCUT2D eigenvalue weighted by Gasteiger charge is 2.36. The van der Waals surface area contributed by atoms with Gasteiger partial charge in [-0.3, -0.25) is 4.79 Å². The molecule has 2 atom stereocenters. The van der Waals surface area contributed by atoms with Crippen molar-refractivity contribution in [2.24, 2.45) is 0 Å². The van der Waals surface area contributed by atoms with Gasteiger partial charge >= 0.3 is 0 Å². The van der Waals surface area contributed by atoms with Gasteiger partial charge in [0, 0.05) is 13.2 Å². The van der Waals surface area contributed by atoms with Gasteiger partial charge in [0.25, 0.3) is 0 Å². The van der Waals surface area contributed by atoms with Crippen LogP contribution in [0.15, 0.2) is 18.2 Å². The summed E-state index contributed by atoms with van der Waals surface area (Å²) in [5.41, 5.74) is 0.816. The molecule has 7 nitrogen and oxygen atoms in total. The van der Waals surface area contributed by atoms with Gasteiger partial charge in [-0.25, -0.2) is 0 Å². The molecule has 0 aromatic heterocycles. The number of carbonyl (C=O) groups is 1. The van der Waals surface area contributed by atoms with Crippen LogP contribution in [-0.2, 0) is 14.3 Å². The molecule has 0 bridgehead atoms. The standard InChI is InChI=1S/C17H25NO6/c1-4-23-11-16(20)18-7-8-24-15(10-19)17(18)12-5-6-13(21-2)14(9-12)22-3/h5-6,9,15,17,19H,4,7-8,10-11H2,1-3H3/t15-,17-/m1/s1. The summed E-state index contributed by atoms with van der Waals surface area (Å²) in [6, 6.07) is 5.03. The average molecular weight is 339 g/mol. The van der Waals surface area contributed by atoms with Crippen LogP contribution in [0.5, 0.6) is 11.5 Å². The van der Waals surface area contributed by atoms with Gasteiger partial charge in [-0.1, -0.05) is 6.07 Å². The van der Waals surface area contributed by atoms with Gasteiger partial charge in [-0.05, 0) is 24.6 Å². The molecular formula is C17H25NO6. The third-order valence-electron chi connectivity index (χ3n) is 4.03. The van der Waals surface area contributed by atoms with E-state index in [1.807, 2.05) is 19.1 Å². The highest BCUT2D eigenvalue weighted by molar-refractivity contribution is 5.78.